The lowest BCUT2D eigenvalue weighted by atomic mass is 9.86. The number of imidazole rings is 1. The fourth-order valence-corrected chi connectivity index (χ4v) is 8.93. The van der Waals surface area contributed by atoms with Crippen LogP contribution in [0.1, 0.15) is 5.56 Å². The van der Waals surface area contributed by atoms with Crippen molar-refractivity contribution >= 4 is 64.9 Å². The van der Waals surface area contributed by atoms with Crippen molar-refractivity contribution in [3.05, 3.63) is 194 Å². The van der Waals surface area contributed by atoms with Crippen LogP contribution in [-0.4, -0.2) is 9.55 Å². The molecule has 11 rings (SSSR count). The second-order valence-electron chi connectivity index (χ2n) is 14.3. The highest BCUT2D eigenvalue weighted by Crippen LogP contribution is 2.46. The molecular formula is C52H34N2. The Morgan fingerprint density at radius 2 is 0.778 bits per heavy atom. The predicted molar refractivity (Wildman–Crippen MR) is 230 cm³/mol. The third-order valence-corrected chi connectivity index (χ3v) is 11.3. The minimum atomic E-state index is 0.948. The van der Waals surface area contributed by atoms with E-state index in [1.807, 2.05) is 0 Å². The van der Waals surface area contributed by atoms with E-state index in [0.717, 1.165) is 28.1 Å². The molecule has 0 bridgehead atoms. The first-order valence-corrected chi connectivity index (χ1v) is 18.6. The van der Waals surface area contributed by atoms with Crippen molar-refractivity contribution in [2.45, 2.75) is 6.92 Å². The zero-order valence-electron chi connectivity index (χ0n) is 29.8. The van der Waals surface area contributed by atoms with Gasteiger partial charge in [0.25, 0.3) is 0 Å². The number of aryl methyl sites for hydroxylation is 1. The number of nitrogens with zero attached hydrogens (tertiary/aromatic N) is 2. The Kier molecular flexibility index (Phi) is 6.80. The zero-order chi connectivity index (χ0) is 35.8. The number of fused-ring (bicyclic) bond motifs is 6. The van der Waals surface area contributed by atoms with E-state index < -0.39 is 0 Å². The Morgan fingerprint density at radius 1 is 0.370 bits per heavy atom. The molecule has 11 aromatic rings. The Morgan fingerprint density at radius 3 is 1.30 bits per heavy atom. The summed E-state index contributed by atoms with van der Waals surface area (Å²) in [7, 11) is 0. The highest BCUT2D eigenvalue weighted by Gasteiger charge is 2.22. The molecule has 0 fully saturated rings. The van der Waals surface area contributed by atoms with Crippen LogP contribution in [0.3, 0.4) is 0 Å². The van der Waals surface area contributed by atoms with Crippen molar-refractivity contribution < 1.29 is 0 Å². The van der Waals surface area contributed by atoms with Gasteiger partial charge in [0.05, 0.1) is 11.0 Å². The zero-order valence-corrected chi connectivity index (χ0v) is 29.8. The molecule has 1 heterocycles. The van der Waals surface area contributed by atoms with Gasteiger partial charge in [0.15, 0.2) is 0 Å². The molecule has 0 atom stereocenters. The normalized spacial score (nSPS) is 11.8. The third-order valence-electron chi connectivity index (χ3n) is 11.3. The second kappa shape index (κ2) is 12.0. The first kappa shape index (κ1) is 30.6. The molecule has 2 heteroatoms. The molecule has 10 aromatic carbocycles. The number of aromatic nitrogens is 2. The lowest BCUT2D eigenvalue weighted by Gasteiger charge is -2.19. The summed E-state index contributed by atoms with van der Waals surface area (Å²) in [5.74, 6) is 0.948. The van der Waals surface area contributed by atoms with Crippen LogP contribution in [-0.2, 0) is 0 Å². The average Bonchev–Trinajstić information content (AvgIpc) is 3.62. The highest BCUT2D eigenvalue weighted by molar-refractivity contribution is 6.22. The van der Waals surface area contributed by atoms with Crippen LogP contribution in [0.4, 0.5) is 0 Å². The molecule has 252 valence electrons. The first-order valence-electron chi connectivity index (χ1n) is 18.6. The van der Waals surface area contributed by atoms with E-state index in [4.69, 9.17) is 4.98 Å². The SMILES string of the molecule is Cc1c2ccccc2c(-c2ccc3cc(-c4c5ccccc5c(-c5nc6ccccc6n5-c5ccccc5)c5ccccc45)ccc3c2)c2ccccc12. The molecule has 0 aliphatic carbocycles. The van der Waals surface area contributed by atoms with Gasteiger partial charge < -0.3 is 0 Å². The average molecular weight is 687 g/mol. The molecule has 0 saturated carbocycles. The van der Waals surface area contributed by atoms with Gasteiger partial charge in [0.1, 0.15) is 5.82 Å². The van der Waals surface area contributed by atoms with E-state index in [9.17, 15) is 0 Å². The van der Waals surface area contributed by atoms with E-state index in [1.165, 1.54) is 81.7 Å². The predicted octanol–water partition coefficient (Wildman–Crippen LogP) is 14.1. The van der Waals surface area contributed by atoms with Gasteiger partial charge in [-0.25, -0.2) is 4.98 Å². The highest BCUT2D eigenvalue weighted by atomic mass is 15.1. The molecule has 0 aliphatic heterocycles. The second-order valence-corrected chi connectivity index (χ2v) is 14.3. The van der Waals surface area contributed by atoms with Crippen LogP contribution in [0.5, 0.6) is 0 Å². The summed E-state index contributed by atoms with van der Waals surface area (Å²) in [4.78, 5) is 5.34. The van der Waals surface area contributed by atoms with E-state index >= 15 is 0 Å². The lowest BCUT2D eigenvalue weighted by Crippen LogP contribution is -1.99. The van der Waals surface area contributed by atoms with E-state index in [0.29, 0.717) is 0 Å². The van der Waals surface area contributed by atoms with Gasteiger partial charge >= 0.3 is 0 Å². The number of rotatable bonds is 4. The first-order chi connectivity index (χ1) is 26.7. The molecular weight excluding hydrogens is 653 g/mol. The summed E-state index contributed by atoms with van der Waals surface area (Å²) >= 11 is 0. The van der Waals surface area contributed by atoms with Crippen LogP contribution in [0.15, 0.2) is 188 Å². The van der Waals surface area contributed by atoms with Gasteiger partial charge in [-0.15, -0.1) is 0 Å². The minimum Gasteiger partial charge on any atom is -0.292 e. The molecule has 0 radical (unpaired) electrons. The summed E-state index contributed by atoms with van der Waals surface area (Å²) in [5.41, 5.74) is 10.6. The van der Waals surface area contributed by atoms with Crippen LogP contribution >= 0.6 is 0 Å². The third kappa shape index (κ3) is 4.57. The fraction of sp³-hybridized carbons (Fsp3) is 0.0192. The van der Waals surface area contributed by atoms with Crippen molar-refractivity contribution in [1.82, 2.24) is 9.55 Å². The van der Waals surface area contributed by atoms with Crippen LogP contribution < -0.4 is 0 Å². The van der Waals surface area contributed by atoms with Crippen molar-refractivity contribution in [2.24, 2.45) is 0 Å². The van der Waals surface area contributed by atoms with Crippen molar-refractivity contribution in [3.8, 4) is 39.3 Å². The lowest BCUT2D eigenvalue weighted by molar-refractivity contribution is 1.11. The number of hydrogen-bond donors (Lipinski definition) is 0. The molecule has 0 spiro atoms. The molecule has 1 aromatic heterocycles. The largest absolute Gasteiger partial charge is 0.292 e. The number of hydrogen-bond acceptors (Lipinski definition) is 1. The maximum absolute atomic E-state index is 5.34. The quantitative estimate of drug-likeness (QED) is 0.169. The standard InChI is InChI=1S/C52H34N2/c1-33-39-17-5-7-19-41(39)49(42-20-8-6-18-40(33)42)36-29-27-35-32-37(30-28-34(35)31-36)50-43-21-9-11-23-45(43)51(46-24-12-10-22-44(46)50)52-53-47-25-13-14-26-48(47)54(52)38-15-3-2-4-16-38/h2-32H,1H3. The van der Waals surface area contributed by atoms with Gasteiger partial charge in [0, 0.05) is 11.3 Å². The van der Waals surface area contributed by atoms with Crippen molar-refractivity contribution in [2.75, 3.05) is 0 Å². The minimum absolute atomic E-state index is 0.948. The van der Waals surface area contributed by atoms with Crippen LogP contribution in [0, 0.1) is 6.92 Å². The molecule has 0 unspecified atom stereocenters. The molecule has 54 heavy (non-hydrogen) atoms. The monoisotopic (exact) mass is 686 g/mol. The van der Waals surface area contributed by atoms with Gasteiger partial charge in [-0.05, 0) is 125 Å². The fourth-order valence-electron chi connectivity index (χ4n) is 8.93. The Hall–Kier alpha value is -7.03. The van der Waals surface area contributed by atoms with E-state index in [-0.39, 0.29) is 0 Å². The maximum atomic E-state index is 5.34. The molecule has 2 nitrogen and oxygen atoms in total. The van der Waals surface area contributed by atoms with Crippen molar-refractivity contribution in [1.29, 1.82) is 0 Å². The van der Waals surface area contributed by atoms with Gasteiger partial charge in [-0.2, -0.15) is 0 Å². The summed E-state index contributed by atoms with van der Waals surface area (Å²) in [5, 5.41) is 12.5. The number of benzene rings is 10. The number of para-hydroxylation sites is 3. The van der Waals surface area contributed by atoms with Gasteiger partial charge in [-0.1, -0.05) is 152 Å². The van der Waals surface area contributed by atoms with E-state index in [1.54, 1.807) is 0 Å². The van der Waals surface area contributed by atoms with Gasteiger partial charge in [-0.3, -0.25) is 4.57 Å². The summed E-state index contributed by atoms with van der Waals surface area (Å²) in [6.45, 7) is 2.25. The summed E-state index contributed by atoms with van der Waals surface area (Å²) in [6.07, 6.45) is 0. The molecule has 0 amide bonds. The Balaban J connectivity index is 1.14. The summed E-state index contributed by atoms with van der Waals surface area (Å²) < 4.78 is 2.32. The van der Waals surface area contributed by atoms with Gasteiger partial charge in [0.2, 0.25) is 0 Å². The van der Waals surface area contributed by atoms with Crippen molar-refractivity contribution in [3.63, 3.8) is 0 Å². The smallest absolute Gasteiger partial charge is 0.146 e. The van der Waals surface area contributed by atoms with E-state index in [2.05, 4.69) is 200 Å². The Bertz CT molecular complexity index is 3160. The summed E-state index contributed by atoms with van der Waals surface area (Å²) in [6, 6.07) is 68.4. The Labute approximate surface area is 313 Å². The topological polar surface area (TPSA) is 17.8 Å². The molecule has 0 saturated heterocycles. The van der Waals surface area contributed by atoms with Crippen LogP contribution in [0.25, 0.3) is 104 Å². The molecule has 0 aliphatic rings. The molecule has 0 N–H and O–H groups in total. The van der Waals surface area contributed by atoms with Crippen LogP contribution in [0.2, 0.25) is 0 Å². The maximum Gasteiger partial charge on any atom is 0.146 e.